The minimum atomic E-state index is -0.420. The first-order chi connectivity index (χ1) is 9.58. The van der Waals surface area contributed by atoms with Gasteiger partial charge in [0.2, 0.25) is 17.7 Å². The lowest BCUT2D eigenvalue weighted by Gasteiger charge is -2.22. The van der Waals surface area contributed by atoms with E-state index in [1.165, 1.54) is 0 Å². The number of rotatable bonds is 4. The molecule has 1 aromatic rings. The molecule has 1 aliphatic heterocycles. The van der Waals surface area contributed by atoms with E-state index in [1.807, 2.05) is 0 Å². The van der Waals surface area contributed by atoms with Crippen molar-refractivity contribution in [3.63, 3.8) is 0 Å². The molecular weight excluding hydrogens is 282 g/mol. The van der Waals surface area contributed by atoms with E-state index in [2.05, 4.69) is 16.0 Å². The number of nitrogens with one attached hydrogen (secondary N) is 3. The van der Waals surface area contributed by atoms with Crippen LogP contribution in [0, 0.1) is 0 Å². The third-order valence-electron chi connectivity index (χ3n) is 2.87. The molecule has 0 aliphatic carbocycles. The summed E-state index contributed by atoms with van der Waals surface area (Å²) in [6, 6.07) is 6.48. The van der Waals surface area contributed by atoms with Gasteiger partial charge in [-0.15, -0.1) is 11.6 Å². The molecule has 1 aromatic carbocycles. The Hall–Kier alpha value is -2.08. The third kappa shape index (κ3) is 3.71. The second kappa shape index (κ2) is 6.38. The molecule has 106 valence electrons. The lowest BCUT2D eigenvalue weighted by molar-refractivity contribution is -0.133. The molecule has 0 spiro atoms. The molecule has 2 rings (SSSR count). The van der Waals surface area contributed by atoms with Gasteiger partial charge in [-0.1, -0.05) is 0 Å². The van der Waals surface area contributed by atoms with Crippen molar-refractivity contribution in [2.45, 2.75) is 18.9 Å². The molecule has 20 heavy (non-hydrogen) atoms. The van der Waals surface area contributed by atoms with Crippen LogP contribution in [0.25, 0.3) is 0 Å². The van der Waals surface area contributed by atoms with Gasteiger partial charge < -0.3 is 10.6 Å². The molecule has 1 fully saturated rings. The molecule has 1 saturated heterocycles. The first-order valence-corrected chi connectivity index (χ1v) is 6.68. The van der Waals surface area contributed by atoms with Crippen LogP contribution in [0.3, 0.4) is 0 Å². The van der Waals surface area contributed by atoms with Crippen LogP contribution in [-0.2, 0) is 14.4 Å². The van der Waals surface area contributed by atoms with Crippen molar-refractivity contribution < 1.29 is 14.4 Å². The van der Waals surface area contributed by atoms with Gasteiger partial charge in [-0.05, 0) is 30.7 Å². The van der Waals surface area contributed by atoms with Gasteiger partial charge in [0.15, 0.2) is 0 Å². The van der Waals surface area contributed by atoms with Crippen LogP contribution in [0.1, 0.15) is 12.8 Å². The van der Waals surface area contributed by atoms with Crippen molar-refractivity contribution in [1.82, 2.24) is 5.32 Å². The Morgan fingerprint density at radius 1 is 1.25 bits per heavy atom. The number of imide groups is 1. The minimum Gasteiger partial charge on any atom is -0.374 e. The van der Waals surface area contributed by atoms with E-state index in [0.29, 0.717) is 18.5 Å². The topological polar surface area (TPSA) is 87.3 Å². The van der Waals surface area contributed by atoms with Gasteiger partial charge in [-0.25, -0.2) is 0 Å². The predicted octanol–water partition coefficient (Wildman–Crippen LogP) is 1.08. The maximum Gasteiger partial charge on any atom is 0.249 e. The van der Waals surface area contributed by atoms with E-state index in [4.69, 9.17) is 11.6 Å². The summed E-state index contributed by atoms with van der Waals surface area (Å²) < 4.78 is 0. The average Bonchev–Trinajstić information content (AvgIpc) is 2.44. The maximum absolute atomic E-state index is 11.6. The molecule has 1 atom stereocenters. The summed E-state index contributed by atoms with van der Waals surface area (Å²) in [6.45, 7) is 0. The number of carbonyl (C=O) groups excluding carboxylic acids is 3. The van der Waals surface area contributed by atoms with Gasteiger partial charge in [0.1, 0.15) is 11.9 Å². The average molecular weight is 296 g/mol. The van der Waals surface area contributed by atoms with Crippen LogP contribution < -0.4 is 16.0 Å². The molecule has 3 N–H and O–H groups in total. The third-order valence-corrected chi connectivity index (χ3v) is 3.11. The number of piperidine rings is 1. The highest BCUT2D eigenvalue weighted by Crippen LogP contribution is 2.17. The Labute approximate surface area is 120 Å². The van der Waals surface area contributed by atoms with Crippen LogP contribution in [0.2, 0.25) is 0 Å². The maximum atomic E-state index is 11.6. The lowest BCUT2D eigenvalue weighted by Crippen LogP contribution is -2.47. The van der Waals surface area contributed by atoms with Crippen molar-refractivity contribution in [1.29, 1.82) is 0 Å². The second-order valence-corrected chi connectivity index (χ2v) is 4.67. The Morgan fingerprint density at radius 2 is 1.90 bits per heavy atom. The summed E-state index contributed by atoms with van der Waals surface area (Å²) in [6.07, 6.45) is 0.794. The summed E-state index contributed by atoms with van der Waals surface area (Å²) in [5.41, 5.74) is 1.37. The highest BCUT2D eigenvalue weighted by Gasteiger charge is 2.26. The van der Waals surface area contributed by atoms with Gasteiger partial charge in [0.05, 0.1) is 0 Å². The summed E-state index contributed by atoms with van der Waals surface area (Å²) >= 11 is 5.39. The number of anilines is 2. The molecule has 1 heterocycles. The van der Waals surface area contributed by atoms with Crippen LogP contribution in [0.5, 0.6) is 0 Å². The van der Waals surface area contributed by atoms with Crippen LogP contribution in [0.4, 0.5) is 11.4 Å². The van der Waals surface area contributed by atoms with Crippen LogP contribution in [-0.4, -0.2) is 29.6 Å². The van der Waals surface area contributed by atoms with Crippen molar-refractivity contribution in [3.8, 4) is 0 Å². The summed E-state index contributed by atoms with van der Waals surface area (Å²) in [5.74, 6) is -0.943. The fourth-order valence-corrected chi connectivity index (χ4v) is 1.94. The Morgan fingerprint density at radius 3 is 2.50 bits per heavy atom. The largest absolute Gasteiger partial charge is 0.374 e. The zero-order valence-corrected chi connectivity index (χ0v) is 11.4. The number of benzene rings is 1. The fourth-order valence-electron chi connectivity index (χ4n) is 1.88. The molecule has 0 saturated carbocycles. The minimum absolute atomic E-state index is 0.101. The molecule has 0 aromatic heterocycles. The van der Waals surface area contributed by atoms with Crippen molar-refractivity contribution >= 4 is 40.7 Å². The molecule has 1 unspecified atom stereocenters. The lowest BCUT2D eigenvalue weighted by atomic mass is 10.1. The molecule has 0 radical (unpaired) electrons. The fraction of sp³-hybridized carbons (Fsp3) is 0.308. The van der Waals surface area contributed by atoms with Crippen LogP contribution >= 0.6 is 11.6 Å². The number of amides is 3. The zero-order chi connectivity index (χ0) is 14.5. The molecule has 7 heteroatoms. The highest BCUT2D eigenvalue weighted by molar-refractivity contribution is 6.29. The van der Waals surface area contributed by atoms with Crippen molar-refractivity contribution in [3.05, 3.63) is 24.3 Å². The van der Waals surface area contributed by atoms with E-state index in [-0.39, 0.29) is 23.6 Å². The van der Waals surface area contributed by atoms with E-state index < -0.39 is 6.04 Å². The SMILES string of the molecule is O=C1CCC(Nc2ccc(NC(=O)CCl)cc2)C(=O)N1. The van der Waals surface area contributed by atoms with Crippen LogP contribution in [0.15, 0.2) is 24.3 Å². The standard InChI is InChI=1S/C13H14ClN3O3/c14-7-12(19)16-9-3-1-8(2-4-9)15-10-5-6-11(18)17-13(10)20/h1-4,10,15H,5-7H2,(H,16,19)(H,17,18,20). The number of hydrogen-bond acceptors (Lipinski definition) is 4. The van der Waals surface area contributed by atoms with Gasteiger partial charge in [-0.2, -0.15) is 0 Å². The molecule has 0 bridgehead atoms. The predicted molar refractivity (Wildman–Crippen MR) is 75.6 cm³/mol. The van der Waals surface area contributed by atoms with E-state index >= 15 is 0 Å². The highest BCUT2D eigenvalue weighted by atomic mass is 35.5. The van der Waals surface area contributed by atoms with Crippen molar-refractivity contribution in [2.75, 3.05) is 16.5 Å². The van der Waals surface area contributed by atoms with Gasteiger partial charge in [-0.3, -0.25) is 19.7 Å². The molecule has 1 aliphatic rings. The zero-order valence-electron chi connectivity index (χ0n) is 10.6. The van der Waals surface area contributed by atoms with Crippen molar-refractivity contribution in [2.24, 2.45) is 0 Å². The number of hydrogen-bond donors (Lipinski definition) is 3. The summed E-state index contributed by atoms with van der Waals surface area (Å²) in [4.78, 5) is 33.7. The monoisotopic (exact) mass is 295 g/mol. The van der Waals surface area contributed by atoms with Gasteiger partial charge in [0, 0.05) is 17.8 Å². The molecule has 3 amide bonds. The van der Waals surface area contributed by atoms with E-state index in [1.54, 1.807) is 24.3 Å². The Bertz CT molecular complexity index is 530. The Balaban J connectivity index is 1.95. The smallest absolute Gasteiger partial charge is 0.249 e. The molecule has 6 nitrogen and oxygen atoms in total. The Kier molecular flexibility index (Phi) is 4.57. The van der Waals surface area contributed by atoms with Gasteiger partial charge >= 0.3 is 0 Å². The molecular formula is C13H14ClN3O3. The van der Waals surface area contributed by atoms with Gasteiger partial charge in [0.25, 0.3) is 0 Å². The number of halogens is 1. The summed E-state index contributed by atoms with van der Waals surface area (Å²) in [5, 5.41) is 7.94. The van der Waals surface area contributed by atoms with E-state index in [0.717, 1.165) is 5.69 Å². The first-order valence-electron chi connectivity index (χ1n) is 6.14. The number of carbonyl (C=O) groups is 3. The normalized spacial score (nSPS) is 18.4. The summed E-state index contributed by atoms with van der Waals surface area (Å²) in [7, 11) is 0. The van der Waals surface area contributed by atoms with E-state index in [9.17, 15) is 14.4 Å². The second-order valence-electron chi connectivity index (χ2n) is 4.41. The first kappa shape index (κ1) is 14.3. The quantitative estimate of drug-likeness (QED) is 0.573. The number of alkyl halides is 1.